The minimum atomic E-state index is -4.81. The number of hydrogen-bond donors (Lipinski definition) is 0. The number of hydrogen-bond acceptors (Lipinski definition) is 4. The second-order valence-electron chi connectivity index (χ2n) is 8.64. The van der Waals surface area contributed by atoms with Crippen molar-refractivity contribution in [2.45, 2.75) is 83.0 Å². The molecule has 1 unspecified atom stereocenters. The van der Waals surface area contributed by atoms with Crippen molar-refractivity contribution in [3.05, 3.63) is 56.1 Å². The Kier molecular flexibility index (Phi) is 16.7. The van der Waals surface area contributed by atoms with Crippen LogP contribution in [0.25, 0.3) is 4.85 Å². The number of rotatable bonds is 7. The van der Waals surface area contributed by atoms with Gasteiger partial charge in [0.2, 0.25) is 0 Å². The molecule has 0 heterocycles. The first kappa shape index (κ1) is 35.1. The van der Waals surface area contributed by atoms with Gasteiger partial charge in [-0.05, 0) is 37.1 Å². The molecule has 2 aliphatic carbocycles. The van der Waals surface area contributed by atoms with Crippen LogP contribution < -0.4 is 4.74 Å². The summed E-state index contributed by atoms with van der Waals surface area (Å²) >= 11 is 0. The molecule has 0 saturated heterocycles. The summed E-state index contributed by atoms with van der Waals surface area (Å²) in [6, 6.07) is 4.49. The molecule has 35 heavy (non-hydrogen) atoms. The molecular formula is C26H36F3FeNO4. The van der Waals surface area contributed by atoms with E-state index in [4.69, 9.17) is 11.3 Å². The van der Waals surface area contributed by atoms with Crippen molar-refractivity contribution in [1.29, 1.82) is 0 Å². The van der Waals surface area contributed by atoms with Crippen molar-refractivity contribution in [2.75, 3.05) is 6.61 Å². The van der Waals surface area contributed by atoms with Gasteiger partial charge in [-0.2, -0.15) is 0 Å². The van der Waals surface area contributed by atoms with Gasteiger partial charge >= 0.3 is 29.4 Å². The summed E-state index contributed by atoms with van der Waals surface area (Å²) in [4.78, 5) is 27.8. The Morgan fingerprint density at radius 3 is 1.89 bits per heavy atom. The van der Waals surface area contributed by atoms with Gasteiger partial charge < -0.3 is 29.2 Å². The summed E-state index contributed by atoms with van der Waals surface area (Å²) in [7, 11) is 0. The number of carbonyl (C=O) groups is 2. The zero-order valence-corrected chi connectivity index (χ0v) is 21.8. The predicted molar refractivity (Wildman–Crippen MR) is 126 cm³/mol. The number of Topliss-reactive ketones (excluding diaryl/α,β-unsaturated/α-hetero) is 1. The summed E-state index contributed by atoms with van der Waals surface area (Å²) in [5.41, 5.74) is -1.08. The van der Waals surface area contributed by atoms with Crippen LogP contribution in [0.5, 0.6) is 5.75 Å². The van der Waals surface area contributed by atoms with Crippen LogP contribution in [-0.2, 0) is 26.6 Å². The molecule has 9 heteroatoms. The monoisotopic (exact) mass is 539 g/mol. The van der Waals surface area contributed by atoms with Crippen molar-refractivity contribution in [1.82, 2.24) is 0 Å². The van der Waals surface area contributed by atoms with Crippen molar-refractivity contribution in [3.8, 4) is 5.75 Å². The number of esters is 1. The molecule has 2 saturated carbocycles. The average Bonchev–Trinajstić information content (AvgIpc) is 3.48. The number of nitrogens with zero attached hydrogens (tertiary/aromatic N) is 1. The van der Waals surface area contributed by atoms with E-state index < -0.39 is 23.4 Å². The third kappa shape index (κ3) is 13.0. The van der Waals surface area contributed by atoms with Gasteiger partial charge in [0.25, 0.3) is 5.54 Å². The Labute approximate surface area is 218 Å². The maximum Gasteiger partial charge on any atom is 2.00 e. The maximum atomic E-state index is 12.4. The van der Waals surface area contributed by atoms with E-state index in [1.165, 1.54) is 51.2 Å². The molecule has 1 aromatic rings. The van der Waals surface area contributed by atoms with Crippen molar-refractivity contribution >= 4 is 11.8 Å². The molecule has 0 N–H and O–H groups in total. The fourth-order valence-corrected chi connectivity index (χ4v) is 3.80. The van der Waals surface area contributed by atoms with E-state index in [1.54, 1.807) is 0 Å². The summed E-state index contributed by atoms with van der Waals surface area (Å²) in [5, 5.41) is 0. The smallest absolute Gasteiger partial charge is 0.457 e. The molecule has 0 aliphatic heterocycles. The molecule has 2 fully saturated rings. The Morgan fingerprint density at radius 1 is 0.971 bits per heavy atom. The molecule has 1 aromatic carbocycles. The predicted octanol–water partition coefficient (Wildman–Crippen LogP) is 7.42. The number of ether oxygens (including phenoxy) is 2. The topological polar surface area (TPSA) is 57.0 Å². The van der Waals surface area contributed by atoms with Gasteiger partial charge in [0.15, 0.2) is 12.4 Å². The maximum absolute atomic E-state index is 12.4. The van der Waals surface area contributed by atoms with Gasteiger partial charge in [0.05, 0.1) is 12.3 Å². The number of benzene rings is 1. The van der Waals surface area contributed by atoms with E-state index in [0.717, 1.165) is 37.8 Å². The fraction of sp³-hybridized carbons (Fsp3) is 0.577. The zero-order valence-electron chi connectivity index (χ0n) is 20.7. The Balaban J connectivity index is 0. The molecule has 5 nitrogen and oxygen atoms in total. The quantitative estimate of drug-likeness (QED) is 0.157. The van der Waals surface area contributed by atoms with Crippen LogP contribution in [0.2, 0.25) is 0 Å². The third-order valence-corrected chi connectivity index (χ3v) is 5.69. The first-order valence-electron chi connectivity index (χ1n) is 11.1. The Morgan fingerprint density at radius 2 is 1.46 bits per heavy atom. The molecular weight excluding hydrogens is 503 g/mol. The van der Waals surface area contributed by atoms with E-state index in [0.29, 0.717) is 0 Å². The molecule has 0 aromatic heterocycles. The van der Waals surface area contributed by atoms with Crippen molar-refractivity contribution in [3.63, 3.8) is 0 Å². The SMILES string of the molecule is C1CCCC1.[C-]#[N+]C(C)(COC(=O)C1CCCC1)CC(=O)c1ccc(OC(F)(F)F)cc1.[CH3-].[CH3-].[Fe+2]. The van der Waals surface area contributed by atoms with E-state index in [-0.39, 0.29) is 62.4 Å². The minimum Gasteiger partial charge on any atom is -0.457 e. The van der Waals surface area contributed by atoms with Crippen molar-refractivity contribution < 1.29 is 49.3 Å². The van der Waals surface area contributed by atoms with Gasteiger partial charge in [0, 0.05) is 12.5 Å². The molecule has 0 amide bonds. The molecule has 1 atom stereocenters. The summed E-state index contributed by atoms with van der Waals surface area (Å²) < 4.78 is 45.5. The van der Waals surface area contributed by atoms with Crippen LogP contribution in [-0.4, -0.2) is 30.3 Å². The van der Waals surface area contributed by atoms with Crippen LogP contribution in [0.3, 0.4) is 0 Å². The van der Waals surface area contributed by atoms with Crippen LogP contribution in [0.4, 0.5) is 13.2 Å². The van der Waals surface area contributed by atoms with Crippen LogP contribution in [0, 0.1) is 27.3 Å². The van der Waals surface area contributed by atoms with Gasteiger partial charge in [-0.1, -0.05) is 44.9 Å². The number of ketones is 1. The fourth-order valence-electron chi connectivity index (χ4n) is 3.80. The van der Waals surface area contributed by atoms with Crippen LogP contribution in [0.1, 0.15) is 81.5 Å². The third-order valence-electron chi connectivity index (χ3n) is 5.69. The number of carbonyl (C=O) groups excluding carboxylic acids is 2. The standard InChI is InChI=1S/C19H20F3NO4.C5H10.2CH3.Fe/c1-18(23-2,12-26-17(25)14-5-3-4-6-14)11-16(24)13-7-9-15(10-8-13)27-19(20,21)22;1-2-4-5-3-1;;;/h7-10,14H,3-6,11-12H2,1H3;1-5H2;2*1H3;/q;;2*-1;+2. The summed E-state index contributed by atoms with van der Waals surface area (Å²) in [6.07, 6.45) is 5.99. The number of alkyl halides is 3. The molecule has 0 bridgehead atoms. The minimum absolute atomic E-state index is 0. The second kappa shape index (κ2) is 16.6. The normalized spacial score (nSPS) is 16.5. The Bertz CT molecular complexity index is 791. The number of halogens is 3. The van der Waals surface area contributed by atoms with Crippen LogP contribution in [0.15, 0.2) is 24.3 Å². The molecule has 0 spiro atoms. The molecule has 0 radical (unpaired) electrons. The van der Waals surface area contributed by atoms with E-state index in [2.05, 4.69) is 9.58 Å². The second-order valence-corrected chi connectivity index (χ2v) is 8.64. The van der Waals surface area contributed by atoms with Gasteiger partial charge in [-0.15, -0.1) is 13.2 Å². The van der Waals surface area contributed by atoms with E-state index in [9.17, 15) is 22.8 Å². The summed E-state index contributed by atoms with van der Waals surface area (Å²) in [5.74, 6) is -1.35. The molecule has 2 aliphatic rings. The zero-order chi connectivity index (χ0) is 23.6. The van der Waals surface area contributed by atoms with E-state index >= 15 is 0 Å². The summed E-state index contributed by atoms with van der Waals surface area (Å²) in [6.45, 7) is 8.65. The average molecular weight is 539 g/mol. The Hall–Kier alpha value is -2.04. The largest absolute Gasteiger partial charge is 2.00 e. The van der Waals surface area contributed by atoms with E-state index in [1.807, 2.05) is 0 Å². The van der Waals surface area contributed by atoms with Gasteiger partial charge in [-0.25, -0.2) is 6.57 Å². The first-order valence-corrected chi connectivity index (χ1v) is 11.1. The molecule has 198 valence electrons. The van der Waals surface area contributed by atoms with Gasteiger partial charge in [-0.3, -0.25) is 9.59 Å². The van der Waals surface area contributed by atoms with Crippen molar-refractivity contribution in [2.24, 2.45) is 5.92 Å². The first-order chi connectivity index (χ1) is 15.1. The van der Waals surface area contributed by atoms with Crippen LogP contribution >= 0.6 is 0 Å². The molecule has 3 rings (SSSR count). The van der Waals surface area contributed by atoms with Gasteiger partial charge in [0.1, 0.15) is 5.75 Å².